The molecule has 1 amide bonds. The summed E-state index contributed by atoms with van der Waals surface area (Å²) in [5.41, 5.74) is -0.369. The van der Waals surface area contributed by atoms with Crippen LogP contribution >= 0.6 is 12.4 Å². The molecule has 0 unspecified atom stereocenters. The number of carbonyl (C=O) groups is 1. The number of hydrogen-bond acceptors (Lipinski definition) is 3. The lowest BCUT2D eigenvalue weighted by Crippen LogP contribution is -2.47. The van der Waals surface area contributed by atoms with Crippen LogP contribution in [0.4, 0.5) is 23.7 Å². The van der Waals surface area contributed by atoms with Gasteiger partial charge in [0.15, 0.2) is 0 Å². The Morgan fingerprint density at radius 3 is 2.38 bits per heavy atom. The zero-order valence-electron chi connectivity index (χ0n) is 13.1. The molecule has 5 nitrogen and oxygen atoms in total. The number of nitrogens with one attached hydrogen (secondary N) is 1. The van der Waals surface area contributed by atoms with Crippen molar-refractivity contribution in [2.24, 2.45) is 0 Å². The van der Waals surface area contributed by atoms with Gasteiger partial charge in [-0.25, -0.2) is 4.79 Å². The monoisotopic (exact) mass is 367 g/mol. The minimum atomic E-state index is -4.35. The van der Waals surface area contributed by atoms with Crippen molar-refractivity contribution in [3.63, 3.8) is 0 Å². The van der Waals surface area contributed by atoms with E-state index < -0.39 is 17.8 Å². The first-order valence-corrected chi connectivity index (χ1v) is 7.48. The Kier molecular flexibility index (Phi) is 7.62. The number of benzene rings is 1. The maximum Gasteiger partial charge on any atom is 0.418 e. The SMILES string of the molecule is Cl.O=C(O)NCCCN1CCN(c2ccccc2C(F)(F)F)CC1. The fourth-order valence-electron chi connectivity index (χ4n) is 2.70. The zero-order valence-corrected chi connectivity index (χ0v) is 13.9. The average Bonchev–Trinajstić information content (AvgIpc) is 2.51. The van der Waals surface area contributed by atoms with Gasteiger partial charge in [0.25, 0.3) is 0 Å². The lowest BCUT2D eigenvalue weighted by Gasteiger charge is -2.37. The van der Waals surface area contributed by atoms with E-state index in [1.807, 2.05) is 0 Å². The zero-order chi connectivity index (χ0) is 16.9. The van der Waals surface area contributed by atoms with Crippen LogP contribution < -0.4 is 10.2 Å². The Labute approximate surface area is 144 Å². The molecular weight excluding hydrogens is 347 g/mol. The highest BCUT2D eigenvalue weighted by atomic mass is 35.5. The molecule has 1 heterocycles. The predicted molar refractivity (Wildman–Crippen MR) is 88.0 cm³/mol. The number of amides is 1. The van der Waals surface area contributed by atoms with Crippen molar-refractivity contribution < 1.29 is 23.1 Å². The summed E-state index contributed by atoms with van der Waals surface area (Å²) in [5, 5.41) is 10.8. The number of carboxylic acid groups (broad SMARTS) is 1. The summed E-state index contributed by atoms with van der Waals surface area (Å²) in [6.07, 6.45) is -4.71. The third kappa shape index (κ3) is 5.76. The molecule has 1 aliphatic heterocycles. The predicted octanol–water partition coefficient (Wildman–Crippen LogP) is 2.91. The average molecular weight is 368 g/mol. The summed E-state index contributed by atoms with van der Waals surface area (Å²) in [4.78, 5) is 14.2. The molecule has 0 radical (unpaired) electrons. The molecule has 0 saturated carbocycles. The highest BCUT2D eigenvalue weighted by Gasteiger charge is 2.35. The number of hydrogen-bond donors (Lipinski definition) is 2. The van der Waals surface area contributed by atoms with Crippen LogP contribution in [0.1, 0.15) is 12.0 Å². The van der Waals surface area contributed by atoms with Crippen molar-refractivity contribution in [2.75, 3.05) is 44.2 Å². The standard InChI is InChI=1S/C15H20F3N3O2.ClH/c16-15(17,18)12-4-1-2-5-13(12)21-10-8-20(9-11-21)7-3-6-19-14(22)23;/h1-2,4-5,19H,3,6-11H2,(H,22,23);1H. The highest BCUT2D eigenvalue weighted by molar-refractivity contribution is 5.85. The van der Waals surface area contributed by atoms with E-state index in [9.17, 15) is 18.0 Å². The third-order valence-electron chi connectivity index (χ3n) is 3.85. The van der Waals surface area contributed by atoms with Gasteiger partial charge >= 0.3 is 12.3 Å². The van der Waals surface area contributed by atoms with Gasteiger partial charge in [0.1, 0.15) is 0 Å². The second kappa shape index (κ2) is 8.98. The molecule has 24 heavy (non-hydrogen) atoms. The van der Waals surface area contributed by atoms with Gasteiger partial charge in [-0.3, -0.25) is 4.90 Å². The van der Waals surface area contributed by atoms with Crippen molar-refractivity contribution in [3.05, 3.63) is 29.8 Å². The number of nitrogens with zero attached hydrogens (tertiary/aromatic N) is 2. The van der Waals surface area contributed by atoms with E-state index in [-0.39, 0.29) is 18.1 Å². The van der Waals surface area contributed by atoms with E-state index in [0.29, 0.717) is 39.1 Å². The maximum absolute atomic E-state index is 13.1. The van der Waals surface area contributed by atoms with E-state index >= 15 is 0 Å². The number of para-hydroxylation sites is 1. The van der Waals surface area contributed by atoms with E-state index in [4.69, 9.17) is 5.11 Å². The van der Waals surface area contributed by atoms with E-state index in [1.165, 1.54) is 12.1 Å². The first-order valence-electron chi connectivity index (χ1n) is 7.48. The Morgan fingerprint density at radius 1 is 1.17 bits per heavy atom. The number of anilines is 1. The summed E-state index contributed by atoms with van der Waals surface area (Å²) in [6, 6.07) is 5.64. The number of alkyl halides is 3. The van der Waals surface area contributed by atoms with Gasteiger partial charge in [0.2, 0.25) is 0 Å². The molecule has 0 aliphatic carbocycles. The van der Waals surface area contributed by atoms with Crippen LogP contribution in [0.25, 0.3) is 0 Å². The summed E-state index contributed by atoms with van der Waals surface area (Å²) in [6.45, 7) is 3.50. The lowest BCUT2D eigenvalue weighted by atomic mass is 10.1. The first kappa shape index (κ1) is 20.4. The van der Waals surface area contributed by atoms with E-state index in [2.05, 4.69) is 10.2 Å². The van der Waals surface area contributed by atoms with Crippen LogP contribution in [0.2, 0.25) is 0 Å². The number of piperazine rings is 1. The smallest absolute Gasteiger partial charge is 0.418 e. The van der Waals surface area contributed by atoms with E-state index in [1.54, 1.807) is 11.0 Å². The largest absolute Gasteiger partial charge is 0.465 e. The fraction of sp³-hybridized carbons (Fsp3) is 0.533. The molecule has 1 fully saturated rings. The van der Waals surface area contributed by atoms with Gasteiger partial charge in [0, 0.05) is 38.4 Å². The summed E-state index contributed by atoms with van der Waals surface area (Å²) in [5.74, 6) is 0. The molecule has 2 rings (SSSR count). The lowest BCUT2D eigenvalue weighted by molar-refractivity contribution is -0.137. The van der Waals surface area contributed by atoms with Gasteiger partial charge in [-0.1, -0.05) is 12.1 Å². The summed E-state index contributed by atoms with van der Waals surface area (Å²) < 4.78 is 39.2. The highest BCUT2D eigenvalue weighted by Crippen LogP contribution is 2.36. The fourth-order valence-corrected chi connectivity index (χ4v) is 2.70. The Balaban J connectivity index is 0.00000288. The third-order valence-corrected chi connectivity index (χ3v) is 3.85. The molecule has 136 valence electrons. The van der Waals surface area contributed by atoms with Crippen molar-refractivity contribution in [3.8, 4) is 0 Å². The molecule has 0 bridgehead atoms. The molecule has 9 heteroatoms. The van der Waals surface area contributed by atoms with Crippen LogP contribution in [-0.2, 0) is 6.18 Å². The molecule has 0 spiro atoms. The van der Waals surface area contributed by atoms with Crippen LogP contribution in [0.15, 0.2) is 24.3 Å². The molecule has 1 aromatic carbocycles. The molecule has 1 aliphatic rings. The summed E-state index contributed by atoms with van der Waals surface area (Å²) in [7, 11) is 0. The van der Waals surface area contributed by atoms with Gasteiger partial charge in [0.05, 0.1) is 5.56 Å². The Morgan fingerprint density at radius 2 is 1.79 bits per heavy atom. The molecule has 0 atom stereocenters. The maximum atomic E-state index is 13.1. The number of halogens is 4. The second-order valence-electron chi connectivity index (χ2n) is 5.43. The van der Waals surface area contributed by atoms with Crippen LogP contribution in [0.5, 0.6) is 0 Å². The first-order chi connectivity index (χ1) is 10.9. The second-order valence-corrected chi connectivity index (χ2v) is 5.43. The van der Waals surface area contributed by atoms with Crippen molar-refractivity contribution in [1.82, 2.24) is 10.2 Å². The van der Waals surface area contributed by atoms with E-state index in [0.717, 1.165) is 12.6 Å². The van der Waals surface area contributed by atoms with Gasteiger partial charge in [-0.2, -0.15) is 13.2 Å². The minimum absolute atomic E-state index is 0. The van der Waals surface area contributed by atoms with Crippen molar-refractivity contribution in [1.29, 1.82) is 0 Å². The molecule has 2 N–H and O–H groups in total. The van der Waals surface area contributed by atoms with Crippen LogP contribution in [0, 0.1) is 0 Å². The van der Waals surface area contributed by atoms with Crippen molar-refractivity contribution in [2.45, 2.75) is 12.6 Å². The van der Waals surface area contributed by atoms with Gasteiger partial charge < -0.3 is 15.3 Å². The van der Waals surface area contributed by atoms with Crippen LogP contribution in [-0.4, -0.2) is 55.4 Å². The Hall–Kier alpha value is -1.67. The quantitative estimate of drug-likeness (QED) is 0.786. The normalized spacial score (nSPS) is 15.7. The molecule has 1 saturated heterocycles. The van der Waals surface area contributed by atoms with Gasteiger partial charge in [-0.15, -0.1) is 12.4 Å². The molecular formula is C15H21ClF3N3O2. The minimum Gasteiger partial charge on any atom is -0.465 e. The number of rotatable bonds is 5. The summed E-state index contributed by atoms with van der Waals surface area (Å²) >= 11 is 0. The molecule has 1 aromatic rings. The van der Waals surface area contributed by atoms with Crippen molar-refractivity contribution >= 4 is 24.2 Å². The van der Waals surface area contributed by atoms with Crippen LogP contribution in [0.3, 0.4) is 0 Å². The topological polar surface area (TPSA) is 55.8 Å². The van der Waals surface area contributed by atoms with Gasteiger partial charge in [-0.05, 0) is 25.1 Å². The Bertz CT molecular complexity index is 535. The molecule has 0 aromatic heterocycles.